The lowest BCUT2D eigenvalue weighted by atomic mass is 10.2. The van der Waals surface area contributed by atoms with Crippen molar-refractivity contribution in [1.29, 1.82) is 0 Å². The molecule has 0 aliphatic carbocycles. The van der Waals surface area contributed by atoms with E-state index in [1.807, 2.05) is 0 Å². The Morgan fingerprint density at radius 2 is 2.20 bits per heavy atom. The Bertz CT molecular complexity index is 326. The predicted octanol–water partition coefficient (Wildman–Crippen LogP) is -0.759. The summed E-state index contributed by atoms with van der Waals surface area (Å²) in [4.78, 5) is 13.1. The minimum Gasteiger partial charge on any atom is -0.344 e. The third kappa shape index (κ3) is 3.46. The Kier molecular flexibility index (Phi) is 4.10. The van der Waals surface area contributed by atoms with Crippen molar-refractivity contribution in [3.63, 3.8) is 0 Å². The van der Waals surface area contributed by atoms with Gasteiger partial charge in [-0.25, -0.2) is 8.42 Å². The molecule has 1 unspecified atom stereocenters. The van der Waals surface area contributed by atoms with Crippen LogP contribution in [0, 0.1) is 0 Å². The fourth-order valence-electron chi connectivity index (χ4n) is 1.54. The Morgan fingerprint density at radius 1 is 1.53 bits per heavy atom. The van der Waals surface area contributed by atoms with Gasteiger partial charge in [0, 0.05) is 25.9 Å². The van der Waals surface area contributed by atoms with Gasteiger partial charge in [-0.3, -0.25) is 4.79 Å². The van der Waals surface area contributed by atoms with Gasteiger partial charge in [-0.15, -0.1) is 0 Å². The quantitative estimate of drug-likeness (QED) is 0.679. The summed E-state index contributed by atoms with van der Waals surface area (Å²) in [6, 6.07) is -0.193. The van der Waals surface area contributed by atoms with E-state index in [9.17, 15) is 13.2 Å². The molecule has 88 valence electrons. The van der Waals surface area contributed by atoms with E-state index in [1.54, 1.807) is 18.9 Å². The van der Waals surface area contributed by atoms with E-state index in [-0.39, 0.29) is 23.5 Å². The zero-order valence-corrected chi connectivity index (χ0v) is 10.0. The van der Waals surface area contributed by atoms with Crippen LogP contribution in [-0.4, -0.2) is 56.9 Å². The molecule has 0 aromatic carbocycles. The number of likely N-dealkylation sites (N-methyl/N-ethyl adjacent to an activating group) is 1. The molecule has 1 aliphatic rings. The van der Waals surface area contributed by atoms with Crippen LogP contribution in [0.2, 0.25) is 0 Å². The lowest BCUT2D eigenvalue weighted by Gasteiger charge is -2.11. The van der Waals surface area contributed by atoms with Crippen LogP contribution in [0.3, 0.4) is 0 Å². The number of nitrogens with one attached hydrogen (secondary N) is 1. The monoisotopic (exact) mass is 234 g/mol. The van der Waals surface area contributed by atoms with Crippen LogP contribution in [0.25, 0.3) is 0 Å². The molecule has 6 heteroatoms. The summed E-state index contributed by atoms with van der Waals surface area (Å²) < 4.78 is 22.4. The van der Waals surface area contributed by atoms with Crippen molar-refractivity contribution in [3.8, 4) is 0 Å². The Balaban J connectivity index is 2.30. The van der Waals surface area contributed by atoms with Crippen LogP contribution in [0.5, 0.6) is 0 Å². The number of nitrogens with zero attached hydrogens (tertiary/aromatic N) is 1. The molecular formula is C9H18N2O3S. The maximum atomic E-state index is 11.4. The molecule has 1 rings (SSSR count). The minimum atomic E-state index is -2.93. The Hall–Kier alpha value is -0.620. The molecule has 1 aliphatic heterocycles. The molecule has 0 aromatic heterocycles. The molecule has 0 radical (unpaired) electrons. The highest BCUT2D eigenvalue weighted by Crippen LogP contribution is 2.07. The van der Waals surface area contributed by atoms with Gasteiger partial charge in [0.05, 0.1) is 11.8 Å². The SMILES string of the molecule is CCS(=O)(=O)CCNC1CCN(C)C1=O. The van der Waals surface area contributed by atoms with Crippen LogP contribution < -0.4 is 5.32 Å². The zero-order chi connectivity index (χ0) is 11.5. The van der Waals surface area contributed by atoms with Gasteiger partial charge in [-0.05, 0) is 6.42 Å². The fourth-order valence-corrected chi connectivity index (χ4v) is 2.26. The average Bonchev–Trinajstić information content (AvgIpc) is 2.49. The normalized spacial score (nSPS) is 22.4. The number of carbonyl (C=O) groups is 1. The van der Waals surface area contributed by atoms with Crippen molar-refractivity contribution in [2.75, 3.05) is 31.6 Å². The van der Waals surface area contributed by atoms with Gasteiger partial charge in [-0.2, -0.15) is 0 Å². The molecule has 15 heavy (non-hydrogen) atoms. The summed E-state index contributed by atoms with van der Waals surface area (Å²) in [5.74, 6) is 0.327. The van der Waals surface area contributed by atoms with Gasteiger partial charge in [0.25, 0.3) is 0 Å². The largest absolute Gasteiger partial charge is 0.344 e. The van der Waals surface area contributed by atoms with Crippen LogP contribution in [0.4, 0.5) is 0 Å². The first-order valence-electron chi connectivity index (χ1n) is 5.15. The number of amides is 1. The first kappa shape index (κ1) is 12.4. The first-order valence-corrected chi connectivity index (χ1v) is 6.97. The molecule has 1 fully saturated rings. The van der Waals surface area contributed by atoms with Crippen LogP contribution >= 0.6 is 0 Å². The first-order chi connectivity index (χ1) is 6.96. The predicted molar refractivity (Wildman–Crippen MR) is 58.4 cm³/mol. The lowest BCUT2D eigenvalue weighted by molar-refractivity contribution is -0.128. The van der Waals surface area contributed by atoms with E-state index in [0.29, 0.717) is 6.54 Å². The summed E-state index contributed by atoms with van der Waals surface area (Å²) in [7, 11) is -1.17. The smallest absolute Gasteiger partial charge is 0.239 e. The fraction of sp³-hybridized carbons (Fsp3) is 0.889. The minimum absolute atomic E-state index is 0.0592. The molecule has 1 N–H and O–H groups in total. The Labute approximate surface area is 90.7 Å². The van der Waals surface area contributed by atoms with Crippen molar-refractivity contribution in [3.05, 3.63) is 0 Å². The molecule has 1 atom stereocenters. The van der Waals surface area contributed by atoms with Gasteiger partial charge in [0.2, 0.25) is 5.91 Å². The number of likely N-dealkylation sites (tertiary alicyclic amines) is 1. The summed E-state index contributed by atoms with van der Waals surface area (Å²) in [5, 5.41) is 2.98. The molecule has 0 bridgehead atoms. The van der Waals surface area contributed by atoms with Crippen molar-refractivity contribution >= 4 is 15.7 Å². The van der Waals surface area contributed by atoms with Gasteiger partial charge in [0.1, 0.15) is 0 Å². The van der Waals surface area contributed by atoms with Crippen LogP contribution in [0.15, 0.2) is 0 Å². The molecule has 0 aromatic rings. The molecule has 1 amide bonds. The van der Waals surface area contributed by atoms with E-state index in [0.717, 1.165) is 13.0 Å². The van der Waals surface area contributed by atoms with Crippen molar-refractivity contribution < 1.29 is 13.2 Å². The second-order valence-electron chi connectivity index (χ2n) is 3.79. The number of hydrogen-bond donors (Lipinski definition) is 1. The van der Waals surface area contributed by atoms with E-state index < -0.39 is 9.84 Å². The van der Waals surface area contributed by atoms with E-state index in [1.165, 1.54) is 0 Å². The highest BCUT2D eigenvalue weighted by atomic mass is 32.2. The number of carbonyl (C=O) groups excluding carboxylic acids is 1. The van der Waals surface area contributed by atoms with E-state index in [4.69, 9.17) is 0 Å². The van der Waals surface area contributed by atoms with Gasteiger partial charge >= 0.3 is 0 Å². The molecule has 1 saturated heterocycles. The molecule has 1 heterocycles. The second kappa shape index (κ2) is 4.94. The van der Waals surface area contributed by atoms with Crippen molar-refractivity contribution in [2.45, 2.75) is 19.4 Å². The highest BCUT2D eigenvalue weighted by molar-refractivity contribution is 7.91. The average molecular weight is 234 g/mol. The van der Waals surface area contributed by atoms with Gasteiger partial charge in [-0.1, -0.05) is 6.92 Å². The molecule has 0 saturated carbocycles. The summed E-state index contributed by atoms with van der Waals surface area (Å²) in [6.45, 7) is 2.74. The third-order valence-corrected chi connectivity index (χ3v) is 4.38. The number of sulfone groups is 1. The Morgan fingerprint density at radius 3 is 2.67 bits per heavy atom. The zero-order valence-electron chi connectivity index (χ0n) is 9.19. The molecule has 0 spiro atoms. The van der Waals surface area contributed by atoms with E-state index >= 15 is 0 Å². The maximum Gasteiger partial charge on any atom is 0.239 e. The van der Waals surface area contributed by atoms with Crippen LogP contribution in [-0.2, 0) is 14.6 Å². The maximum absolute atomic E-state index is 11.4. The standard InChI is InChI=1S/C9H18N2O3S/c1-3-15(13,14)7-5-10-8-4-6-11(2)9(8)12/h8,10H,3-7H2,1-2H3. The second-order valence-corrected chi connectivity index (χ2v) is 6.26. The molecule has 5 nitrogen and oxygen atoms in total. The van der Waals surface area contributed by atoms with Gasteiger partial charge < -0.3 is 10.2 Å². The summed E-state index contributed by atoms with van der Waals surface area (Å²) in [6.07, 6.45) is 0.765. The van der Waals surface area contributed by atoms with Gasteiger partial charge in [0.15, 0.2) is 9.84 Å². The highest BCUT2D eigenvalue weighted by Gasteiger charge is 2.28. The third-order valence-electron chi connectivity index (χ3n) is 2.67. The number of hydrogen-bond acceptors (Lipinski definition) is 4. The van der Waals surface area contributed by atoms with Crippen LogP contribution in [0.1, 0.15) is 13.3 Å². The van der Waals surface area contributed by atoms with Crippen molar-refractivity contribution in [2.24, 2.45) is 0 Å². The summed E-state index contributed by atoms with van der Waals surface area (Å²) >= 11 is 0. The van der Waals surface area contributed by atoms with E-state index in [2.05, 4.69) is 5.32 Å². The topological polar surface area (TPSA) is 66.5 Å². The molecular weight excluding hydrogens is 216 g/mol. The lowest BCUT2D eigenvalue weighted by Crippen LogP contribution is -2.39. The summed E-state index contributed by atoms with van der Waals surface area (Å²) in [5.41, 5.74) is 0. The number of rotatable bonds is 5. The van der Waals surface area contributed by atoms with Crippen molar-refractivity contribution in [1.82, 2.24) is 10.2 Å².